The molecule has 2 heterocycles. The van der Waals surface area contributed by atoms with Crippen LogP contribution in [0.15, 0.2) is 0 Å². The largest absolute Gasteiger partial charge is 0.425 e. The molecule has 0 aliphatic carbocycles. The molecule has 6 heteroatoms. The van der Waals surface area contributed by atoms with E-state index in [1.165, 1.54) is 128 Å². The van der Waals surface area contributed by atoms with Gasteiger partial charge in [0.05, 0.1) is 24.4 Å². The fourth-order valence-electron chi connectivity index (χ4n) is 6.52. The molecule has 264 valence electrons. The summed E-state index contributed by atoms with van der Waals surface area (Å²) in [6.45, 7) is 6.41. The van der Waals surface area contributed by atoms with Crippen molar-refractivity contribution in [2.24, 2.45) is 0 Å². The Bertz CT molecular complexity index is 668. The molecule has 0 N–H and O–H groups in total. The van der Waals surface area contributed by atoms with E-state index in [2.05, 4.69) is 13.8 Å². The van der Waals surface area contributed by atoms with E-state index in [1.807, 2.05) is 6.92 Å². The number of ether oxygens (including phenoxy) is 4. The summed E-state index contributed by atoms with van der Waals surface area (Å²) in [5.41, 5.74) is 0. The van der Waals surface area contributed by atoms with Crippen molar-refractivity contribution in [3.8, 4) is 0 Å². The first kappa shape index (κ1) is 40.0. The zero-order valence-electron chi connectivity index (χ0n) is 29.8. The molecule has 4 atom stereocenters. The van der Waals surface area contributed by atoms with Gasteiger partial charge in [0.15, 0.2) is 0 Å². The minimum Gasteiger partial charge on any atom is -0.425 e. The zero-order valence-corrected chi connectivity index (χ0v) is 29.8. The normalized spacial score (nSPS) is 21.0. The van der Waals surface area contributed by atoms with Crippen LogP contribution < -0.4 is 0 Å². The zero-order chi connectivity index (χ0) is 32.4. The van der Waals surface area contributed by atoms with Crippen molar-refractivity contribution in [2.45, 2.75) is 238 Å². The SMILES string of the molecule is CCCCCCCCC1OC1CCCCCCCC(=O)OC(CC)OC(=O)CCCCCCCC1OC1CCCCCCCC. The standard InChI is InChI=1S/C39H72O6/c1-4-7-9-11-15-21-27-33-35(42-33)29-23-17-13-19-25-31-37(40)44-39(6-3)45-38(41)32-26-20-14-18-24-30-36-34(43-36)28-22-16-12-10-8-5-2/h33-36,39H,4-32H2,1-3H3. The number of carbonyl (C=O) groups excluding carboxylic acids is 2. The number of rotatable bonds is 33. The fraction of sp³-hybridized carbons (Fsp3) is 0.949. The molecule has 0 bridgehead atoms. The molecule has 2 aliphatic heterocycles. The molecule has 6 nitrogen and oxygen atoms in total. The monoisotopic (exact) mass is 637 g/mol. The maximum atomic E-state index is 12.3. The van der Waals surface area contributed by atoms with Crippen LogP contribution in [-0.4, -0.2) is 42.6 Å². The van der Waals surface area contributed by atoms with Crippen LogP contribution in [0.3, 0.4) is 0 Å². The average Bonchev–Trinajstić information content (AvgIpc) is 3.96. The third kappa shape index (κ3) is 22.1. The maximum absolute atomic E-state index is 12.3. The molecule has 0 amide bonds. The smallest absolute Gasteiger partial charge is 0.308 e. The lowest BCUT2D eigenvalue weighted by atomic mass is 10.0. The van der Waals surface area contributed by atoms with Crippen molar-refractivity contribution in [1.82, 2.24) is 0 Å². The van der Waals surface area contributed by atoms with Crippen molar-refractivity contribution < 1.29 is 28.5 Å². The topological polar surface area (TPSA) is 77.7 Å². The summed E-state index contributed by atoms with van der Waals surface area (Å²) in [5, 5.41) is 0. The molecule has 2 fully saturated rings. The molecular formula is C39H72O6. The van der Waals surface area contributed by atoms with Crippen LogP contribution in [-0.2, 0) is 28.5 Å². The molecule has 4 unspecified atom stereocenters. The van der Waals surface area contributed by atoms with Crippen molar-refractivity contribution in [2.75, 3.05) is 0 Å². The molecule has 0 radical (unpaired) electrons. The molecule has 45 heavy (non-hydrogen) atoms. The van der Waals surface area contributed by atoms with Gasteiger partial charge in [-0.25, -0.2) is 0 Å². The molecule has 2 aliphatic rings. The summed E-state index contributed by atoms with van der Waals surface area (Å²) in [5.74, 6) is -0.514. The van der Waals surface area contributed by atoms with E-state index < -0.39 is 6.29 Å². The Balaban J connectivity index is 1.33. The van der Waals surface area contributed by atoms with Crippen molar-refractivity contribution in [1.29, 1.82) is 0 Å². The van der Waals surface area contributed by atoms with Gasteiger partial charge in [0.2, 0.25) is 6.29 Å². The summed E-state index contributed by atoms with van der Waals surface area (Å²) < 4.78 is 22.6. The highest BCUT2D eigenvalue weighted by Gasteiger charge is 2.37. The molecule has 2 rings (SSSR count). The van der Waals surface area contributed by atoms with Gasteiger partial charge in [0.25, 0.3) is 0 Å². The molecule has 0 aromatic heterocycles. The van der Waals surface area contributed by atoms with Gasteiger partial charge in [-0.1, -0.05) is 149 Å². The fourth-order valence-corrected chi connectivity index (χ4v) is 6.52. The minimum atomic E-state index is -0.754. The Hall–Kier alpha value is -1.14. The summed E-state index contributed by atoms with van der Waals surface area (Å²) in [7, 11) is 0. The van der Waals surface area contributed by atoms with Crippen LogP contribution in [0.25, 0.3) is 0 Å². The number of carbonyl (C=O) groups is 2. The van der Waals surface area contributed by atoms with Gasteiger partial charge in [0, 0.05) is 19.3 Å². The van der Waals surface area contributed by atoms with Crippen molar-refractivity contribution in [3.63, 3.8) is 0 Å². The number of hydrogen-bond acceptors (Lipinski definition) is 6. The summed E-state index contributed by atoms with van der Waals surface area (Å²) in [6.07, 6.45) is 34.5. The molecule has 0 saturated carbocycles. The van der Waals surface area contributed by atoms with E-state index in [0.717, 1.165) is 38.5 Å². The van der Waals surface area contributed by atoms with E-state index >= 15 is 0 Å². The van der Waals surface area contributed by atoms with Crippen LogP contribution >= 0.6 is 0 Å². The highest BCUT2D eigenvalue weighted by Crippen LogP contribution is 2.33. The Morgan fingerprint density at radius 1 is 0.444 bits per heavy atom. The highest BCUT2D eigenvalue weighted by molar-refractivity contribution is 5.71. The van der Waals surface area contributed by atoms with Crippen molar-refractivity contribution in [3.05, 3.63) is 0 Å². The second kappa shape index (κ2) is 26.9. The Morgan fingerprint density at radius 2 is 0.733 bits per heavy atom. The van der Waals surface area contributed by atoms with Crippen molar-refractivity contribution >= 4 is 11.9 Å². The summed E-state index contributed by atoms with van der Waals surface area (Å²) in [6, 6.07) is 0. The molecular weight excluding hydrogens is 564 g/mol. The van der Waals surface area contributed by atoms with E-state index in [4.69, 9.17) is 18.9 Å². The summed E-state index contributed by atoms with van der Waals surface area (Å²) in [4.78, 5) is 24.5. The maximum Gasteiger partial charge on any atom is 0.308 e. The molecule has 0 aromatic carbocycles. The van der Waals surface area contributed by atoms with Crippen LogP contribution in [0.4, 0.5) is 0 Å². The van der Waals surface area contributed by atoms with E-state index in [0.29, 0.717) is 43.7 Å². The lowest BCUT2D eigenvalue weighted by molar-refractivity contribution is -0.188. The van der Waals surface area contributed by atoms with E-state index in [-0.39, 0.29) is 11.9 Å². The second-order valence-electron chi connectivity index (χ2n) is 14.0. The first-order chi connectivity index (χ1) is 22.1. The molecule has 2 saturated heterocycles. The third-order valence-corrected chi connectivity index (χ3v) is 9.66. The lowest BCUT2D eigenvalue weighted by Gasteiger charge is -2.16. The number of hydrogen-bond donors (Lipinski definition) is 0. The molecule has 0 aromatic rings. The number of epoxide rings is 2. The van der Waals surface area contributed by atoms with Crippen LogP contribution in [0, 0.1) is 0 Å². The predicted octanol–water partition coefficient (Wildman–Crippen LogP) is 11.3. The Labute approximate surface area is 277 Å². The van der Waals surface area contributed by atoms with Gasteiger partial charge in [-0.3, -0.25) is 9.59 Å². The van der Waals surface area contributed by atoms with E-state index in [9.17, 15) is 9.59 Å². The van der Waals surface area contributed by atoms with Crippen LogP contribution in [0.2, 0.25) is 0 Å². The van der Waals surface area contributed by atoms with Gasteiger partial charge >= 0.3 is 11.9 Å². The first-order valence-corrected chi connectivity index (χ1v) is 19.8. The Kier molecular flexibility index (Phi) is 23.9. The minimum absolute atomic E-state index is 0.257. The van der Waals surface area contributed by atoms with Crippen LogP contribution in [0.5, 0.6) is 0 Å². The quantitative estimate of drug-likeness (QED) is 0.0309. The van der Waals surface area contributed by atoms with Crippen LogP contribution in [0.1, 0.15) is 207 Å². The lowest BCUT2D eigenvalue weighted by Crippen LogP contribution is -2.23. The van der Waals surface area contributed by atoms with Gasteiger partial charge in [-0.05, 0) is 38.5 Å². The number of esters is 2. The van der Waals surface area contributed by atoms with Gasteiger partial charge in [0.1, 0.15) is 0 Å². The van der Waals surface area contributed by atoms with Gasteiger partial charge in [-0.2, -0.15) is 0 Å². The first-order valence-electron chi connectivity index (χ1n) is 19.8. The highest BCUT2D eigenvalue weighted by atomic mass is 16.7. The van der Waals surface area contributed by atoms with Gasteiger partial charge < -0.3 is 18.9 Å². The average molecular weight is 637 g/mol. The third-order valence-electron chi connectivity index (χ3n) is 9.66. The predicted molar refractivity (Wildman–Crippen MR) is 184 cm³/mol. The summed E-state index contributed by atoms with van der Waals surface area (Å²) >= 11 is 0. The van der Waals surface area contributed by atoms with E-state index in [1.54, 1.807) is 0 Å². The van der Waals surface area contributed by atoms with Gasteiger partial charge in [-0.15, -0.1) is 0 Å². The molecule has 0 spiro atoms. The Morgan fingerprint density at radius 3 is 1.04 bits per heavy atom. The second-order valence-corrected chi connectivity index (χ2v) is 14.0. The number of unbranched alkanes of at least 4 members (excludes halogenated alkanes) is 18.